The third kappa shape index (κ3) is 17.2. The number of carbonyl (C=O) groups is 7. The zero-order chi connectivity index (χ0) is 44.8. The van der Waals surface area contributed by atoms with E-state index < -0.39 is 23.4 Å². The number of nitrogens with one attached hydrogen (secondary N) is 3. The van der Waals surface area contributed by atoms with Crippen molar-refractivity contribution in [3.63, 3.8) is 0 Å². The zero-order valence-electron chi connectivity index (χ0n) is 35.5. The normalized spacial score (nSPS) is 16.1. The Balaban J connectivity index is 0.848. The molecule has 5 rings (SSSR count). The molecule has 2 atom stereocenters. The Morgan fingerprint density at radius 1 is 0.762 bits per heavy atom. The summed E-state index contributed by atoms with van der Waals surface area (Å²) in [5.74, 6) is -1.73. The molecular formula is C44H58N8O10S. The number of aliphatic hydroxyl groups excluding tert-OH is 1. The van der Waals surface area contributed by atoms with Gasteiger partial charge >= 0.3 is 5.97 Å². The summed E-state index contributed by atoms with van der Waals surface area (Å²) in [5, 5.41) is 23.8. The fourth-order valence-corrected chi connectivity index (χ4v) is 7.98. The van der Waals surface area contributed by atoms with E-state index in [1.54, 1.807) is 10.9 Å². The maximum Gasteiger partial charge on any atom is 0.332 e. The maximum absolute atomic E-state index is 13.1. The SMILES string of the molecule is O=C(CCCCCN1C(=O)CC(Sc2ccc(CONC(=O)CCCCCCC(=O)Nc3ccccc3)cc2)C1=O)NCc1cn(CCCCCC(=O)ON2C(=O)CCC2O)nn1. The van der Waals surface area contributed by atoms with Crippen LogP contribution in [0.3, 0.4) is 0 Å². The molecule has 2 aromatic carbocycles. The number of para-hydroxylation sites is 1. The molecule has 3 heterocycles. The number of aliphatic hydroxyl groups is 1. The van der Waals surface area contributed by atoms with Gasteiger partial charge in [0.15, 0.2) is 6.23 Å². The van der Waals surface area contributed by atoms with Crippen LogP contribution in [-0.2, 0) is 62.9 Å². The zero-order valence-corrected chi connectivity index (χ0v) is 36.4. The Kier molecular flexibility index (Phi) is 20.0. The van der Waals surface area contributed by atoms with Crippen molar-refractivity contribution in [3.8, 4) is 0 Å². The summed E-state index contributed by atoms with van der Waals surface area (Å²) in [6.45, 7) is 1.30. The van der Waals surface area contributed by atoms with Gasteiger partial charge in [0.25, 0.3) is 5.91 Å². The molecule has 2 aliphatic rings. The van der Waals surface area contributed by atoms with Crippen LogP contribution < -0.4 is 16.1 Å². The highest BCUT2D eigenvalue weighted by atomic mass is 32.2. The molecule has 1 aromatic heterocycles. The van der Waals surface area contributed by atoms with Gasteiger partial charge in [0, 0.05) is 68.6 Å². The third-order valence-corrected chi connectivity index (χ3v) is 11.6. The van der Waals surface area contributed by atoms with E-state index in [0.29, 0.717) is 70.2 Å². The van der Waals surface area contributed by atoms with Crippen molar-refractivity contribution in [1.82, 2.24) is 35.8 Å². The van der Waals surface area contributed by atoms with Crippen LogP contribution in [0.5, 0.6) is 0 Å². The number of anilines is 1. The fraction of sp³-hybridized carbons (Fsp3) is 0.523. The quantitative estimate of drug-likeness (QED) is 0.0434. The van der Waals surface area contributed by atoms with Crippen LogP contribution in [0.15, 0.2) is 65.7 Å². The second-order valence-corrected chi connectivity index (χ2v) is 16.8. The van der Waals surface area contributed by atoms with Crippen LogP contribution in [-0.4, -0.2) is 89.5 Å². The maximum atomic E-state index is 13.1. The summed E-state index contributed by atoms with van der Waals surface area (Å²) in [6, 6.07) is 16.8. The van der Waals surface area contributed by atoms with Crippen LogP contribution in [0, 0.1) is 0 Å². The van der Waals surface area contributed by atoms with Crippen molar-refractivity contribution in [2.24, 2.45) is 0 Å². The van der Waals surface area contributed by atoms with Crippen molar-refractivity contribution >= 4 is 58.9 Å². The molecular weight excluding hydrogens is 833 g/mol. The Morgan fingerprint density at radius 2 is 1.43 bits per heavy atom. The van der Waals surface area contributed by atoms with Crippen molar-refractivity contribution < 1.29 is 48.3 Å². The molecule has 2 unspecified atom stereocenters. The molecule has 3 aromatic rings. The molecule has 2 aliphatic heterocycles. The van der Waals surface area contributed by atoms with E-state index in [4.69, 9.17) is 9.68 Å². The van der Waals surface area contributed by atoms with Crippen molar-refractivity contribution in [1.29, 1.82) is 0 Å². The highest BCUT2D eigenvalue weighted by Gasteiger charge is 2.38. The number of rotatable bonds is 28. The molecule has 63 heavy (non-hydrogen) atoms. The van der Waals surface area contributed by atoms with E-state index in [9.17, 15) is 38.7 Å². The number of thioether (sulfide) groups is 1. The van der Waals surface area contributed by atoms with Gasteiger partial charge in [-0.2, -0.15) is 0 Å². The molecule has 0 aliphatic carbocycles. The summed E-state index contributed by atoms with van der Waals surface area (Å²) in [5.41, 5.74) is 4.71. The van der Waals surface area contributed by atoms with E-state index in [2.05, 4.69) is 26.4 Å². The van der Waals surface area contributed by atoms with Crippen molar-refractivity contribution in [2.75, 3.05) is 11.9 Å². The number of carbonyl (C=O) groups excluding carboxylic acids is 7. The first-order valence-electron chi connectivity index (χ1n) is 21.8. The average molecular weight is 891 g/mol. The Hall–Kier alpha value is -5.66. The minimum atomic E-state index is -1.08. The molecule has 18 nitrogen and oxygen atoms in total. The Bertz CT molecular complexity index is 1980. The van der Waals surface area contributed by atoms with E-state index in [1.807, 2.05) is 54.6 Å². The molecule has 2 saturated heterocycles. The Morgan fingerprint density at radius 3 is 2.14 bits per heavy atom. The average Bonchev–Trinajstić information content (AvgIpc) is 3.94. The van der Waals surface area contributed by atoms with E-state index in [0.717, 1.165) is 53.3 Å². The molecule has 0 saturated carbocycles. The number of imide groups is 1. The highest BCUT2D eigenvalue weighted by Crippen LogP contribution is 2.32. The fourth-order valence-electron chi connectivity index (χ4n) is 6.90. The van der Waals surface area contributed by atoms with E-state index >= 15 is 0 Å². The number of aryl methyl sites for hydroxylation is 1. The van der Waals surface area contributed by atoms with Gasteiger partial charge in [-0.15, -0.1) is 21.9 Å². The monoisotopic (exact) mass is 890 g/mol. The first-order chi connectivity index (χ1) is 30.5. The number of amides is 6. The Labute approximate surface area is 371 Å². The molecule has 4 N–H and O–H groups in total. The van der Waals surface area contributed by atoms with Crippen molar-refractivity contribution in [3.05, 3.63) is 72.1 Å². The number of likely N-dealkylation sites (tertiary alicyclic amines) is 1. The number of aromatic nitrogens is 3. The largest absolute Gasteiger partial charge is 0.370 e. The van der Waals surface area contributed by atoms with E-state index in [1.165, 1.54) is 16.7 Å². The number of nitrogens with zero attached hydrogens (tertiary/aromatic N) is 5. The molecule has 6 amide bonds. The number of hydrogen-bond donors (Lipinski definition) is 4. The third-order valence-electron chi connectivity index (χ3n) is 10.4. The number of hydrogen-bond acceptors (Lipinski definition) is 13. The predicted molar refractivity (Wildman–Crippen MR) is 230 cm³/mol. The molecule has 0 spiro atoms. The van der Waals surface area contributed by atoms with Gasteiger partial charge in [0.05, 0.1) is 24.6 Å². The number of unbranched alkanes of at least 4 members (excludes halogenated alkanes) is 7. The van der Waals surface area contributed by atoms with Crippen molar-refractivity contribution in [2.45, 2.75) is 145 Å². The van der Waals surface area contributed by atoms with Gasteiger partial charge in [0.2, 0.25) is 29.5 Å². The minimum absolute atomic E-state index is 0.0170. The van der Waals surface area contributed by atoms with Crippen LogP contribution >= 0.6 is 11.8 Å². The summed E-state index contributed by atoms with van der Waals surface area (Å²) in [4.78, 5) is 98.5. The molecule has 19 heteroatoms. The van der Waals surface area contributed by atoms with Gasteiger partial charge in [0.1, 0.15) is 5.69 Å². The van der Waals surface area contributed by atoms with Gasteiger partial charge in [-0.25, -0.2) is 10.3 Å². The standard InChI is InChI=1S/C44H58N8O10S/c53-37(45-29-34-30-50(49-47-34)26-12-5-11-19-43(59)62-52-40(56)24-25-41(52)57)16-10-4-13-27-51-42(58)28-36(44(51)60)63-35-22-20-32(21-23-35)31-61-48-39(55)18-9-2-1-8-17-38(54)46-33-14-6-3-7-15-33/h3,6-7,14-15,20-23,30,36,40,56H,1-2,4-5,8-13,16-19,24-29,31H2,(H,45,53)(H,46,54)(H,48,55). The minimum Gasteiger partial charge on any atom is -0.370 e. The van der Waals surface area contributed by atoms with Crippen LogP contribution in [0.4, 0.5) is 5.69 Å². The van der Waals surface area contributed by atoms with Gasteiger partial charge in [-0.05, 0) is 68.4 Å². The summed E-state index contributed by atoms with van der Waals surface area (Å²) >= 11 is 1.34. The van der Waals surface area contributed by atoms with Gasteiger partial charge in [-0.1, -0.05) is 61.2 Å². The lowest BCUT2D eigenvalue weighted by molar-refractivity contribution is -0.220. The molecule has 0 bridgehead atoms. The summed E-state index contributed by atoms with van der Waals surface area (Å²) < 4.78 is 1.67. The smallest absolute Gasteiger partial charge is 0.332 e. The lowest BCUT2D eigenvalue weighted by Crippen LogP contribution is -2.35. The summed E-state index contributed by atoms with van der Waals surface area (Å²) in [7, 11) is 0. The lowest BCUT2D eigenvalue weighted by Gasteiger charge is -2.18. The number of hydroxylamine groups is 3. The number of benzene rings is 2. The summed E-state index contributed by atoms with van der Waals surface area (Å²) in [6.07, 6.45) is 9.45. The highest BCUT2D eigenvalue weighted by molar-refractivity contribution is 8.00. The first-order valence-corrected chi connectivity index (χ1v) is 22.6. The van der Waals surface area contributed by atoms with Crippen LogP contribution in [0.1, 0.15) is 120 Å². The van der Waals surface area contributed by atoms with E-state index in [-0.39, 0.29) is 68.4 Å². The second-order valence-electron chi connectivity index (χ2n) is 15.6. The predicted octanol–water partition coefficient (Wildman–Crippen LogP) is 4.86. The lowest BCUT2D eigenvalue weighted by atomic mass is 10.1. The second kappa shape index (κ2) is 26.1. The molecule has 2 fully saturated rings. The molecule has 340 valence electrons. The first kappa shape index (κ1) is 48.4. The topological polar surface area (TPSA) is 231 Å². The van der Waals surface area contributed by atoms with Crippen LogP contribution in [0.25, 0.3) is 0 Å². The molecule has 0 radical (unpaired) electrons. The van der Waals surface area contributed by atoms with Gasteiger partial charge < -0.3 is 20.6 Å². The van der Waals surface area contributed by atoms with Crippen LogP contribution in [0.2, 0.25) is 0 Å². The van der Waals surface area contributed by atoms with Gasteiger partial charge in [-0.3, -0.25) is 43.2 Å².